The van der Waals surface area contributed by atoms with Crippen molar-refractivity contribution in [3.63, 3.8) is 0 Å². The van der Waals surface area contributed by atoms with E-state index < -0.39 is 0 Å². The van der Waals surface area contributed by atoms with Gasteiger partial charge in [-0.2, -0.15) is 0 Å². The van der Waals surface area contributed by atoms with Gasteiger partial charge in [0, 0.05) is 12.1 Å². The molecule has 0 saturated carbocycles. The standard InChI is InChI=1S/C17H21NO3/c1-18-11-13-8-9-16(17(10-13)20-3)21-12-14-6-4-5-7-15(14)19-2/h4-10,18H,11-12H2,1-3H3. The third-order valence-electron chi connectivity index (χ3n) is 3.18. The maximum absolute atomic E-state index is 5.86. The van der Waals surface area contributed by atoms with E-state index >= 15 is 0 Å². The average molecular weight is 287 g/mol. The molecule has 0 atom stereocenters. The second kappa shape index (κ2) is 7.55. The van der Waals surface area contributed by atoms with E-state index in [2.05, 4.69) is 5.32 Å². The molecule has 0 fully saturated rings. The largest absolute Gasteiger partial charge is 0.496 e. The molecule has 0 saturated heterocycles. The fourth-order valence-electron chi connectivity index (χ4n) is 2.12. The Morgan fingerprint density at radius 1 is 0.905 bits per heavy atom. The molecule has 0 radical (unpaired) electrons. The lowest BCUT2D eigenvalue weighted by Gasteiger charge is -2.13. The van der Waals surface area contributed by atoms with E-state index in [1.54, 1.807) is 14.2 Å². The van der Waals surface area contributed by atoms with Crippen molar-refractivity contribution in [1.29, 1.82) is 0 Å². The maximum Gasteiger partial charge on any atom is 0.161 e. The lowest BCUT2D eigenvalue weighted by Crippen LogP contribution is -2.05. The monoisotopic (exact) mass is 287 g/mol. The summed E-state index contributed by atoms with van der Waals surface area (Å²) in [6.45, 7) is 1.23. The highest BCUT2D eigenvalue weighted by Gasteiger charge is 2.08. The van der Waals surface area contributed by atoms with E-state index in [9.17, 15) is 0 Å². The first-order valence-corrected chi connectivity index (χ1v) is 6.84. The lowest BCUT2D eigenvalue weighted by molar-refractivity contribution is 0.278. The number of para-hydroxylation sites is 1. The van der Waals surface area contributed by atoms with Crippen LogP contribution in [0.2, 0.25) is 0 Å². The van der Waals surface area contributed by atoms with E-state index in [-0.39, 0.29) is 0 Å². The van der Waals surface area contributed by atoms with E-state index in [1.165, 1.54) is 0 Å². The number of ether oxygens (including phenoxy) is 3. The summed E-state index contributed by atoms with van der Waals surface area (Å²) in [5, 5.41) is 3.11. The average Bonchev–Trinajstić information content (AvgIpc) is 2.54. The molecule has 4 nitrogen and oxygen atoms in total. The minimum absolute atomic E-state index is 0.436. The van der Waals surface area contributed by atoms with E-state index in [4.69, 9.17) is 14.2 Å². The molecule has 21 heavy (non-hydrogen) atoms. The van der Waals surface area contributed by atoms with Gasteiger partial charge < -0.3 is 19.5 Å². The van der Waals surface area contributed by atoms with Crippen molar-refractivity contribution in [2.75, 3.05) is 21.3 Å². The van der Waals surface area contributed by atoms with Gasteiger partial charge in [-0.05, 0) is 30.8 Å². The maximum atomic E-state index is 5.86. The number of nitrogens with one attached hydrogen (secondary N) is 1. The van der Waals surface area contributed by atoms with Crippen molar-refractivity contribution in [3.8, 4) is 17.2 Å². The third kappa shape index (κ3) is 3.89. The van der Waals surface area contributed by atoms with Gasteiger partial charge in [-0.15, -0.1) is 0 Å². The summed E-state index contributed by atoms with van der Waals surface area (Å²) in [7, 11) is 5.22. The highest BCUT2D eigenvalue weighted by molar-refractivity contribution is 5.43. The Kier molecular flexibility index (Phi) is 5.46. The summed E-state index contributed by atoms with van der Waals surface area (Å²) < 4.78 is 16.6. The van der Waals surface area contributed by atoms with Gasteiger partial charge in [-0.1, -0.05) is 24.3 Å². The minimum Gasteiger partial charge on any atom is -0.496 e. The number of benzene rings is 2. The van der Waals surface area contributed by atoms with Crippen LogP contribution in [0, 0.1) is 0 Å². The van der Waals surface area contributed by atoms with Gasteiger partial charge in [-0.25, -0.2) is 0 Å². The van der Waals surface area contributed by atoms with Crippen LogP contribution in [0.4, 0.5) is 0 Å². The number of methoxy groups -OCH3 is 2. The summed E-state index contributed by atoms with van der Waals surface area (Å²) in [6.07, 6.45) is 0. The molecule has 0 amide bonds. The Bertz CT molecular complexity index is 584. The molecule has 0 aromatic heterocycles. The molecule has 4 heteroatoms. The molecule has 2 aromatic carbocycles. The predicted molar refractivity (Wildman–Crippen MR) is 83.1 cm³/mol. The van der Waals surface area contributed by atoms with Gasteiger partial charge in [0.1, 0.15) is 12.4 Å². The highest BCUT2D eigenvalue weighted by atomic mass is 16.5. The predicted octanol–water partition coefficient (Wildman–Crippen LogP) is 3.00. The number of hydrogen-bond acceptors (Lipinski definition) is 4. The number of hydrogen-bond donors (Lipinski definition) is 1. The molecule has 0 heterocycles. The lowest BCUT2D eigenvalue weighted by atomic mass is 10.2. The van der Waals surface area contributed by atoms with Crippen molar-refractivity contribution in [2.24, 2.45) is 0 Å². The third-order valence-corrected chi connectivity index (χ3v) is 3.18. The first-order valence-electron chi connectivity index (χ1n) is 6.84. The second-order valence-electron chi connectivity index (χ2n) is 4.62. The fraction of sp³-hybridized carbons (Fsp3) is 0.294. The summed E-state index contributed by atoms with van der Waals surface area (Å²) in [4.78, 5) is 0. The zero-order valence-corrected chi connectivity index (χ0v) is 12.7. The SMILES string of the molecule is CNCc1ccc(OCc2ccccc2OC)c(OC)c1. The van der Waals surface area contributed by atoms with E-state index in [0.717, 1.165) is 34.9 Å². The second-order valence-corrected chi connectivity index (χ2v) is 4.62. The van der Waals surface area contributed by atoms with E-state index in [1.807, 2.05) is 49.5 Å². The highest BCUT2D eigenvalue weighted by Crippen LogP contribution is 2.29. The Morgan fingerprint density at radius 2 is 1.67 bits per heavy atom. The van der Waals surface area contributed by atoms with Crippen LogP contribution in [0.3, 0.4) is 0 Å². The van der Waals surface area contributed by atoms with Gasteiger partial charge in [0.05, 0.1) is 14.2 Å². The van der Waals surface area contributed by atoms with Gasteiger partial charge >= 0.3 is 0 Å². The van der Waals surface area contributed by atoms with Gasteiger partial charge in [0.15, 0.2) is 11.5 Å². The Morgan fingerprint density at radius 3 is 2.38 bits per heavy atom. The molecule has 2 rings (SSSR count). The quantitative estimate of drug-likeness (QED) is 0.850. The van der Waals surface area contributed by atoms with Crippen LogP contribution in [-0.4, -0.2) is 21.3 Å². The zero-order valence-electron chi connectivity index (χ0n) is 12.7. The summed E-state index contributed by atoms with van der Waals surface area (Å²) in [5.41, 5.74) is 2.15. The van der Waals surface area contributed by atoms with Crippen molar-refractivity contribution in [2.45, 2.75) is 13.2 Å². The molecule has 0 aliphatic rings. The van der Waals surface area contributed by atoms with Crippen molar-refractivity contribution in [1.82, 2.24) is 5.32 Å². The van der Waals surface area contributed by atoms with Crippen molar-refractivity contribution >= 4 is 0 Å². The smallest absolute Gasteiger partial charge is 0.161 e. The molecular formula is C17H21NO3. The molecule has 2 aromatic rings. The molecule has 112 valence electrons. The first kappa shape index (κ1) is 15.2. The van der Waals surface area contributed by atoms with E-state index in [0.29, 0.717) is 6.61 Å². The Hall–Kier alpha value is -2.20. The molecule has 0 aliphatic carbocycles. The Labute approximate surface area is 125 Å². The molecule has 0 unspecified atom stereocenters. The number of rotatable bonds is 7. The molecule has 0 aliphatic heterocycles. The zero-order chi connectivity index (χ0) is 15.1. The van der Waals surface area contributed by atoms with Crippen LogP contribution in [0.1, 0.15) is 11.1 Å². The Balaban J connectivity index is 2.12. The van der Waals surface area contributed by atoms with Crippen LogP contribution in [0.25, 0.3) is 0 Å². The summed E-state index contributed by atoms with van der Waals surface area (Å²) in [6, 6.07) is 13.8. The molecule has 0 spiro atoms. The first-order chi connectivity index (χ1) is 10.3. The minimum atomic E-state index is 0.436. The topological polar surface area (TPSA) is 39.7 Å². The summed E-state index contributed by atoms with van der Waals surface area (Å²) in [5.74, 6) is 2.28. The van der Waals surface area contributed by atoms with Gasteiger partial charge in [0.2, 0.25) is 0 Å². The van der Waals surface area contributed by atoms with Gasteiger partial charge in [-0.3, -0.25) is 0 Å². The van der Waals surface area contributed by atoms with Crippen LogP contribution in [0.15, 0.2) is 42.5 Å². The van der Waals surface area contributed by atoms with Crippen LogP contribution in [-0.2, 0) is 13.2 Å². The van der Waals surface area contributed by atoms with Crippen molar-refractivity contribution < 1.29 is 14.2 Å². The molecule has 1 N–H and O–H groups in total. The van der Waals surface area contributed by atoms with Crippen LogP contribution in [0.5, 0.6) is 17.2 Å². The fourth-order valence-corrected chi connectivity index (χ4v) is 2.12. The van der Waals surface area contributed by atoms with Crippen molar-refractivity contribution in [3.05, 3.63) is 53.6 Å². The van der Waals surface area contributed by atoms with Crippen LogP contribution < -0.4 is 19.5 Å². The molecule has 0 bridgehead atoms. The summed E-state index contributed by atoms with van der Waals surface area (Å²) >= 11 is 0. The van der Waals surface area contributed by atoms with Gasteiger partial charge in [0.25, 0.3) is 0 Å². The molecular weight excluding hydrogens is 266 g/mol. The normalized spacial score (nSPS) is 10.2. The van der Waals surface area contributed by atoms with Crippen LogP contribution >= 0.6 is 0 Å².